The minimum absolute atomic E-state index is 0.0988. The molecular weight excluding hydrogens is 489 g/mol. The fraction of sp³-hybridized carbons (Fsp3) is 0.350. The third-order valence-corrected chi connectivity index (χ3v) is 6.84. The number of thiophene rings is 1. The highest BCUT2D eigenvalue weighted by Gasteiger charge is 2.16. The van der Waals surface area contributed by atoms with Crippen molar-refractivity contribution in [2.24, 2.45) is 0 Å². The molecule has 0 atom stereocenters. The number of benzene rings is 1. The van der Waals surface area contributed by atoms with Crippen LogP contribution in [0.2, 0.25) is 0 Å². The van der Waals surface area contributed by atoms with Gasteiger partial charge < -0.3 is 15.0 Å². The van der Waals surface area contributed by atoms with Crippen LogP contribution in [0.1, 0.15) is 39.4 Å². The van der Waals surface area contributed by atoms with E-state index in [1.807, 2.05) is 6.07 Å². The van der Waals surface area contributed by atoms with Crippen LogP contribution in [0.25, 0.3) is 0 Å². The van der Waals surface area contributed by atoms with E-state index in [4.69, 9.17) is 10.1 Å². The number of carbonyl (C=O) groups is 2. The van der Waals surface area contributed by atoms with Gasteiger partial charge in [0.1, 0.15) is 11.6 Å². The van der Waals surface area contributed by atoms with Crippen LogP contribution in [0.15, 0.2) is 36.4 Å². The molecule has 0 spiro atoms. The number of carbonyl (C=O) groups excluding carboxylic acids is 2. The second-order valence-corrected chi connectivity index (χ2v) is 8.38. The van der Waals surface area contributed by atoms with Gasteiger partial charge in [-0.3, -0.25) is 15.0 Å². The maximum atomic E-state index is 12.0. The molecular formula is C20H22IN3O3S. The van der Waals surface area contributed by atoms with E-state index in [1.54, 1.807) is 30.3 Å². The summed E-state index contributed by atoms with van der Waals surface area (Å²) in [5.74, 6) is 0.386. The van der Waals surface area contributed by atoms with E-state index in [-0.39, 0.29) is 18.9 Å². The van der Waals surface area contributed by atoms with Crippen molar-refractivity contribution < 1.29 is 14.3 Å². The number of amidine groups is 1. The summed E-state index contributed by atoms with van der Waals surface area (Å²) in [6.07, 6.45) is 2.35. The molecule has 3 rings (SSSR count). The van der Waals surface area contributed by atoms with Gasteiger partial charge in [-0.1, -0.05) is 22.6 Å². The van der Waals surface area contributed by atoms with Gasteiger partial charge in [-0.05, 0) is 49.2 Å². The van der Waals surface area contributed by atoms with E-state index < -0.39 is 5.97 Å². The Labute approximate surface area is 181 Å². The zero-order valence-corrected chi connectivity index (χ0v) is 18.3. The van der Waals surface area contributed by atoms with E-state index in [0.29, 0.717) is 16.5 Å². The molecule has 6 nitrogen and oxygen atoms in total. The number of likely N-dealkylation sites (tertiary alicyclic amines) is 1. The molecule has 1 aliphatic rings. The van der Waals surface area contributed by atoms with E-state index in [1.165, 1.54) is 11.3 Å². The fourth-order valence-electron chi connectivity index (χ4n) is 2.92. The molecule has 2 heterocycles. The van der Waals surface area contributed by atoms with Crippen LogP contribution in [0.4, 0.5) is 0 Å². The Bertz CT molecular complexity index is 845. The maximum absolute atomic E-state index is 12.0. The third kappa shape index (κ3) is 5.54. The summed E-state index contributed by atoms with van der Waals surface area (Å²) in [5, 5.41) is 11.0. The fourth-order valence-corrected chi connectivity index (χ4v) is 4.42. The zero-order chi connectivity index (χ0) is 19.9. The minimum Gasteiger partial charge on any atom is -0.426 e. The molecule has 0 saturated carbocycles. The first-order valence-corrected chi connectivity index (χ1v) is 11.5. The van der Waals surface area contributed by atoms with Crippen molar-refractivity contribution in [3.8, 4) is 5.75 Å². The zero-order valence-electron chi connectivity index (χ0n) is 15.4. The SMILES string of the molecule is N=C(c1ccc(OC(=O)CCNC(=O)c2ccc(CI)s2)cc1)N1CCCC1. The summed E-state index contributed by atoms with van der Waals surface area (Å²) in [7, 11) is 0. The van der Waals surface area contributed by atoms with Gasteiger partial charge in [0, 0.05) is 34.5 Å². The highest BCUT2D eigenvalue weighted by Crippen LogP contribution is 2.19. The lowest BCUT2D eigenvalue weighted by Gasteiger charge is -2.18. The molecule has 2 aromatic rings. The quantitative estimate of drug-likeness (QED) is 0.148. The van der Waals surface area contributed by atoms with Crippen molar-refractivity contribution in [3.05, 3.63) is 51.7 Å². The predicted octanol–water partition coefficient (Wildman–Crippen LogP) is 3.83. The van der Waals surface area contributed by atoms with Crippen molar-refractivity contribution in [1.82, 2.24) is 10.2 Å². The number of ether oxygens (including phenoxy) is 1. The van der Waals surface area contributed by atoms with Gasteiger partial charge in [-0.25, -0.2) is 0 Å². The summed E-state index contributed by atoms with van der Waals surface area (Å²) >= 11 is 3.71. The Kier molecular flexibility index (Phi) is 7.43. The van der Waals surface area contributed by atoms with Crippen molar-refractivity contribution in [2.75, 3.05) is 19.6 Å². The molecule has 0 bridgehead atoms. The van der Waals surface area contributed by atoms with Crippen LogP contribution in [0.3, 0.4) is 0 Å². The van der Waals surface area contributed by atoms with Crippen LogP contribution in [-0.4, -0.2) is 42.2 Å². The normalized spacial score (nSPS) is 13.4. The van der Waals surface area contributed by atoms with Gasteiger partial charge in [0.2, 0.25) is 0 Å². The number of nitrogens with one attached hydrogen (secondary N) is 2. The lowest BCUT2D eigenvalue weighted by atomic mass is 10.2. The maximum Gasteiger partial charge on any atom is 0.312 e. The Morgan fingerprint density at radius 3 is 2.50 bits per heavy atom. The highest BCUT2D eigenvalue weighted by molar-refractivity contribution is 14.1. The number of alkyl halides is 1. The topological polar surface area (TPSA) is 82.5 Å². The first-order chi connectivity index (χ1) is 13.6. The molecule has 28 heavy (non-hydrogen) atoms. The standard InChI is InChI=1S/C20H22IN3O3S/c21-13-16-7-8-17(28-16)20(26)23-10-9-18(25)27-15-5-3-14(4-6-15)19(22)24-11-1-2-12-24/h3-8,22H,1-2,9-13H2,(H,23,26). The van der Waals surface area contributed by atoms with Crippen molar-refractivity contribution >= 4 is 51.6 Å². The van der Waals surface area contributed by atoms with Crippen LogP contribution in [-0.2, 0) is 9.22 Å². The van der Waals surface area contributed by atoms with Crippen molar-refractivity contribution in [2.45, 2.75) is 23.7 Å². The number of esters is 1. The number of hydrogen-bond acceptors (Lipinski definition) is 5. The summed E-state index contributed by atoms with van der Waals surface area (Å²) < 4.78 is 6.18. The first-order valence-electron chi connectivity index (χ1n) is 9.14. The molecule has 0 radical (unpaired) electrons. The second kappa shape index (κ2) is 10.0. The lowest BCUT2D eigenvalue weighted by molar-refractivity contribution is -0.134. The summed E-state index contributed by atoms with van der Waals surface area (Å²) in [5.41, 5.74) is 0.816. The average molecular weight is 511 g/mol. The molecule has 2 N–H and O–H groups in total. The van der Waals surface area contributed by atoms with Crippen LogP contribution >= 0.6 is 33.9 Å². The third-order valence-electron chi connectivity index (χ3n) is 4.41. The molecule has 1 saturated heterocycles. The predicted molar refractivity (Wildman–Crippen MR) is 119 cm³/mol. The van der Waals surface area contributed by atoms with Gasteiger partial charge in [0.25, 0.3) is 5.91 Å². The Hall–Kier alpha value is -1.94. The Balaban J connectivity index is 1.43. The molecule has 1 aromatic heterocycles. The van der Waals surface area contributed by atoms with E-state index >= 15 is 0 Å². The Morgan fingerprint density at radius 2 is 1.86 bits per heavy atom. The number of nitrogens with zero attached hydrogens (tertiary/aromatic N) is 1. The first kappa shape index (κ1) is 20.8. The number of hydrogen-bond donors (Lipinski definition) is 2. The second-order valence-electron chi connectivity index (χ2n) is 6.45. The molecule has 8 heteroatoms. The number of halogens is 1. The van der Waals surface area contributed by atoms with E-state index in [0.717, 1.165) is 40.8 Å². The molecule has 148 valence electrons. The van der Waals surface area contributed by atoms with Crippen LogP contribution in [0.5, 0.6) is 5.75 Å². The summed E-state index contributed by atoms with van der Waals surface area (Å²) in [6, 6.07) is 10.7. The molecule has 1 aliphatic heterocycles. The summed E-state index contributed by atoms with van der Waals surface area (Å²) in [4.78, 5) is 27.9. The molecule has 0 aliphatic carbocycles. The van der Waals surface area contributed by atoms with Crippen LogP contribution in [0, 0.1) is 5.41 Å². The minimum atomic E-state index is -0.401. The highest BCUT2D eigenvalue weighted by atomic mass is 127. The average Bonchev–Trinajstić information content (AvgIpc) is 3.40. The molecule has 0 unspecified atom stereocenters. The summed E-state index contributed by atoms with van der Waals surface area (Å²) in [6.45, 7) is 2.07. The lowest BCUT2D eigenvalue weighted by Crippen LogP contribution is -2.27. The number of rotatable bonds is 7. The van der Waals surface area contributed by atoms with Gasteiger partial charge in [-0.15, -0.1) is 11.3 Å². The van der Waals surface area contributed by atoms with E-state index in [2.05, 4.69) is 32.8 Å². The molecule has 1 amide bonds. The Morgan fingerprint density at radius 1 is 1.14 bits per heavy atom. The monoisotopic (exact) mass is 511 g/mol. The van der Waals surface area contributed by atoms with E-state index in [9.17, 15) is 9.59 Å². The van der Waals surface area contributed by atoms with Gasteiger partial charge in [0.15, 0.2) is 0 Å². The van der Waals surface area contributed by atoms with Crippen LogP contribution < -0.4 is 10.1 Å². The van der Waals surface area contributed by atoms with Crippen molar-refractivity contribution in [1.29, 1.82) is 5.41 Å². The van der Waals surface area contributed by atoms with Gasteiger partial charge in [-0.2, -0.15) is 0 Å². The van der Waals surface area contributed by atoms with Gasteiger partial charge in [0.05, 0.1) is 11.3 Å². The number of amides is 1. The van der Waals surface area contributed by atoms with Gasteiger partial charge >= 0.3 is 5.97 Å². The largest absolute Gasteiger partial charge is 0.426 e. The molecule has 1 aromatic carbocycles. The molecule has 1 fully saturated rings. The smallest absolute Gasteiger partial charge is 0.312 e. The van der Waals surface area contributed by atoms with Crippen molar-refractivity contribution in [3.63, 3.8) is 0 Å².